The zero-order valence-corrected chi connectivity index (χ0v) is 19.9. The summed E-state index contributed by atoms with van der Waals surface area (Å²) in [5.41, 5.74) is 8.20. The zero-order chi connectivity index (χ0) is 23.7. The largest absolute Gasteiger partial charge is 0.510 e. The van der Waals surface area contributed by atoms with Gasteiger partial charge in [0, 0.05) is 47.7 Å². The van der Waals surface area contributed by atoms with Crippen LogP contribution in [-0.2, 0) is 0 Å². The van der Waals surface area contributed by atoms with E-state index in [1.54, 1.807) is 0 Å². The molecule has 2 aromatic heterocycles. The normalized spacial score (nSPS) is 14.7. The Morgan fingerprint density at radius 3 is 2.53 bits per heavy atom. The van der Waals surface area contributed by atoms with Crippen LogP contribution in [0, 0.1) is 13.8 Å². The third-order valence-corrected chi connectivity index (χ3v) is 6.53. The molecule has 1 aliphatic heterocycles. The minimum Gasteiger partial charge on any atom is -0.510 e. The fourth-order valence-electron chi connectivity index (χ4n) is 4.71. The van der Waals surface area contributed by atoms with Gasteiger partial charge in [0.15, 0.2) is 0 Å². The maximum Gasteiger partial charge on any atom is 0.128 e. The molecule has 0 spiro atoms. The topological polar surface area (TPSA) is 61.3 Å². The maximum absolute atomic E-state index is 10.1. The van der Waals surface area contributed by atoms with E-state index in [4.69, 9.17) is 0 Å². The van der Waals surface area contributed by atoms with Crippen molar-refractivity contribution in [2.75, 3.05) is 23.8 Å². The van der Waals surface area contributed by atoms with Gasteiger partial charge in [-0.05, 0) is 67.7 Å². The molecule has 0 unspecified atom stereocenters. The van der Waals surface area contributed by atoms with Crippen molar-refractivity contribution in [3.05, 3.63) is 89.4 Å². The Morgan fingerprint density at radius 1 is 1.00 bits per heavy atom. The van der Waals surface area contributed by atoms with E-state index in [9.17, 15) is 5.11 Å². The first kappa shape index (κ1) is 22.0. The monoisotopic (exact) mass is 450 g/mol. The molecule has 0 bridgehead atoms. The van der Waals surface area contributed by atoms with E-state index < -0.39 is 0 Å². The van der Waals surface area contributed by atoms with Crippen LogP contribution < -0.4 is 10.2 Å². The fourth-order valence-corrected chi connectivity index (χ4v) is 4.71. The standard InChI is InChI=1S/C20H23N3O.C9H7N/c1-12-8-15(10-22-20(12)21-3)18-7-4-14-9-17(24)11-23(16-5-6-16)19(14)13(18)2;1-2-6-9-8(4-1)5-3-7-10-9/h4,7-10,16,24H,5-6,11H2,1-3H3,(H,21,22);1-7H. The van der Waals surface area contributed by atoms with Crippen LogP contribution in [0.5, 0.6) is 0 Å². The smallest absolute Gasteiger partial charge is 0.128 e. The molecule has 3 heterocycles. The lowest BCUT2D eigenvalue weighted by atomic mass is 9.94. The van der Waals surface area contributed by atoms with Crippen molar-refractivity contribution < 1.29 is 5.11 Å². The van der Waals surface area contributed by atoms with E-state index >= 15 is 0 Å². The molecule has 172 valence electrons. The minimum absolute atomic E-state index is 0.456. The van der Waals surface area contributed by atoms with Gasteiger partial charge in [-0.1, -0.05) is 36.4 Å². The molecule has 2 aliphatic rings. The number of aliphatic hydroxyl groups is 1. The van der Waals surface area contributed by atoms with E-state index in [0.717, 1.165) is 28.0 Å². The molecule has 0 atom stereocenters. The Bertz CT molecular complexity index is 1310. The zero-order valence-electron chi connectivity index (χ0n) is 19.9. The Hall–Kier alpha value is -3.86. The van der Waals surface area contributed by atoms with Crippen LogP contribution in [0.4, 0.5) is 11.5 Å². The molecule has 6 rings (SSSR count). The molecule has 34 heavy (non-hydrogen) atoms. The van der Waals surface area contributed by atoms with E-state index in [1.165, 1.54) is 35.0 Å². The van der Waals surface area contributed by atoms with Crippen LogP contribution >= 0.6 is 0 Å². The molecule has 1 fully saturated rings. The summed E-state index contributed by atoms with van der Waals surface area (Å²) in [4.78, 5) is 11.1. The van der Waals surface area contributed by atoms with Gasteiger partial charge in [0.2, 0.25) is 0 Å². The number of para-hydroxylation sites is 1. The van der Waals surface area contributed by atoms with E-state index in [2.05, 4.69) is 64.4 Å². The van der Waals surface area contributed by atoms with Gasteiger partial charge in [0.25, 0.3) is 0 Å². The lowest BCUT2D eigenvalue weighted by molar-refractivity contribution is 0.401. The van der Waals surface area contributed by atoms with Gasteiger partial charge in [-0.25, -0.2) is 4.98 Å². The van der Waals surface area contributed by atoms with Crippen molar-refractivity contribution >= 4 is 28.5 Å². The lowest BCUT2D eigenvalue weighted by Gasteiger charge is -2.32. The number of benzene rings is 2. The lowest BCUT2D eigenvalue weighted by Crippen LogP contribution is -2.31. The molecule has 1 aliphatic carbocycles. The Kier molecular flexibility index (Phi) is 5.93. The molecular weight excluding hydrogens is 420 g/mol. The number of nitrogens with one attached hydrogen (secondary N) is 1. The van der Waals surface area contributed by atoms with E-state index in [0.29, 0.717) is 18.3 Å². The highest BCUT2D eigenvalue weighted by molar-refractivity contribution is 5.83. The molecule has 5 heteroatoms. The van der Waals surface area contributed by atoms with Crippen molar-refractivity contribution in [2.45, 2.75) is 32.7 Å². The van der Waals surface area contributed by atoms with E-state index in [1.807, 2.05) is 49.8 Å². The predicted octanol–water partition coefficient (Wildman–Crippen LogP) is 6.52. The Labute approximate surface area is 200 Å². The Morgan fingerprint density at radius 2 is 1.79 bits per heavy atom. The summed E-state index contributed by atoms with van der Waals surface area (Å²) in [6, 6.07) is 19.1. The van der Waals surface area contributed by atoms with Crippen molar-refractivity contribution in [3.63, 3.8) is 0 Å². The molecule has 0 saturated heterocycles. The van der Waals surface area contributed by atoms with E-state index in [-0.39, 0.29) is 0 Å². The number of nitrogens with zero attached hydrogens (tertiary/aromatic N) is 3. The molecule has 0 radical (unpaired) electrons. The van der Waals surface area contributed by atoms with Gasteiger partial charge in [0.05, 0.1) is 12.1 Å². The van der Waals surface area contributed by atoms with Crippen LogP contribution in [0.3, 0.4) is 0 Å². The number of rotatable bonds is 3. The number of hydrogen-bond donors (Lipinski definition) is 2. The van der Waals surface area contributed by atoms with Gasteiger partial charge in [-0.3, -0.25) is 4.98 Å². The third-order valence-electron chi connectivity index (χ3n) is 6.53. The van der Waals surface area contributed by atoms with Crippen LogP contribution in [0.1, 0.15) is 29.5 Å². The summed E-state index contributed by atoms with van der Waals surface area (Å²) in [5.74, 6) is 1.37. The first-order valence-corrected chi connectivity index (χ1v) is 11.8. The summed E-state index contributed by atoms with van der Waals surface area (Å²) in [5, 5.41) is 14.4. The van der Waals surface area contributed by atoms with Gasteiger partial charge in [-0.15, -0.1) is 0 Å². The first-order chi connectivity index (χ1) is 16.5. The molecular formula is C29H30N4O. The second kappa shape index (κ2) is 9.18. The fraction of sp³-hybridized carbons (Fsp3) is 0.241. The minimum atomic E-state index is 0.456. The molecule has 0 amide bonds. The average Bonchev–Trinajstić information content (AvgIpc) is 3.70. The molecule has 5 nitrogen and oxygen atoms in total. The van der Waals surface area contributed by atoms with Gasteiger partial charge >= 0.3 is 0 Å². The number of hydrogen-bond acceptors (Lipinski definition) is 5. The summed E-state index contributed by atoms with van der Waals surface area (Å²) in [6.07, 6.45) is 8.08. The number of aromatic nitrogens is 2. The number of aliphatic hydroxyl groups excluding tert-OH is 1. The molecule has 4 aromatic rings. The highest BCUT2D eigenvalue weighted by Gasteiger charge is 2.34. The predicted molar refractivity (Wildman–Crippen MR) is 141 cm³/mol. The van der Waals surface area contributed by atoms with Crippen molar-refractivity contribution in [1.82, 2.24) is 9.97 Å². The SMILES string of the molecule is CNc1ncc(-c2ccc3c(c2C)N(C2CC2)CC(O)=C3)cc1C.c1ccc2ncccc2c1. The molecule has 1 saturated carbocycles. The van der Waals surface area contributed by atoms with Gasteiger partial charge < -0.3 is 15.3 Å². The summed E-state index contributed by atoms with van der Waals surface area (Å²) >= 11 is 0. The second-order valence-corrected chi connectivity index (χ2v) is 9.01. The highest BCUT2D eigenvalue weighted by Crippen LogP contribution is 2.42. The van der Waals surface area contributed by atoms with Crippen molar-refractivity contribution in [1.29, 1.82) is 0 Å². The average molecular weight is 451 g/mol. The van der Waals surface area contributed by atoms with Gasteiger partial charge in [0.1, 0.15) is 11.6 Å². The number of pyridine rings is 2. The van der Waals surface area contributed by atoms with Crippen molar-refractivity contribution in [3.8, 4) is 11.1 Å². The number of fused-ring (bicyclic) bond motifs is 2. The Balaban J connectivity index is 0.000000200. The van der Waals surface area contributed by atoms with Crippen LogP contribution in [0.2, 0.25) is 0 Å². The summed E-state index contributed by atoms with van der Waals surface area (Å²) in [7, 11) is 1.89. The summed E-state index contributed by atoms with van der Waals surface area (Å²) in [6.45, 7) is 4.88. The first-order valence-electron chi connectivity index (χ1n) is 11.8. The van der Waals surface area contributed by atoms with Gasteiger partial charge in [-0.2, -0.15) is 0 Å². The molecule has 2 N–H and O–H groups in total. The second-order valence-electron chi connectivity index (χ2n) is 9.01. The highest BCUT2D eigenvalue weighted by atomic mass is 16.3. The van der Waals surface area contributed by atoms with Crippen molar-refractivity contribution in [2.24, 2.45) is 0 Å². The van der Waals surface area contributed by atoms with Crippen LogP contribution in [0.15, 0.2) is 72.8 Å². The number of aryl methyl sites for hydroxylation is 1. The summed E-state index contributed by atoms with van der Waals surface area (Å²) < 4.78 is 0. The quantitative estimate of drug-likeness (QED) is 0.372. The third kappa shape index (κ3) is 4.34. The molecule has 2 aromatic carbocycles. The van der Waals surface area contributed by atoms with Crippen LogP contribution in [0.25, 0.3) is 28.1 Å². The number of anilines is 2. The van der Waals surface area contributed by atoms with Crippen LogP contribution in [-0.4, -0.2) is 34.7 Å². The maximum atomic E-state index is 10.1.